The van der Waals surface area contributed by atoms with Crippen molar-refractivity contribution in [3.8, 4) is 0 Å². The molecular formula is C11H15NO2. The van der Waals surface area contributed by atoms with Gasteiger partial charge in [-0.1, -0.05) is 13.3 Å². The summed E-state index contributed by atoms with van der Waals surface area (Å²) in [5.74, 6) is 0.0546. The fourth-order valence-electron chi connectivity index (χ4n) is 1.03. The summed E-state index contributed by atoms with van der Waals surface area (Å²) in [5.41, 5.74) is 0.618. The number of rotatable bonds is 6. The molecule has 3 heteroatoms. The van der Waals surface area contributed by atoms with Crippen molar-refractivity contribution in [3.63, 3.8) is 0 Å². The van der Waals surface area contributed by atoms with Crippen LogP contribution in [0.15, 0.2) is 28.0 Å². The Morgan fingerprint density at radius 1 is 1.64 bits per heavy atom. The van der Waals surface area contributed by atoms with E-state index in [0.29, 0.717) is 12.0 Å². The van der Waals surface area contributed by atoms with Crippen LogP contribution in [0.25, 0.3) is 0 Å². The fourth-order valence-corrected chi connectivity index (χ4v) is 1.03. The number of aliphatic imine (C=N–C) groups is 1. The minimum absolute atomic E-state index is 0.0546. The minimum Gasteiger partial charge on any atom is -0.472 e. The first-order valence-electron chi connectivity index (χ1n) is 4.88. The molecule has 1 rings (SSSR count). The van der Waals surface area contributed by atoms with E-state index in [0.717, 1.165) is 19.4 Å². The summed E-state index contributed by atoms with van der Waals surface area (Å²) in [4.78, 5) is 15.5. The number of hydrogen-bond acceptors (Lipinski definition) is 3. The summed E-state index contributed by atoms with van der Waals surface area (Å²) in [6.45, 7) is 2.93. The summed E-state index contributed by atoms with van der Waals surface area (Å²) in [7, 11) is 0. The van der Waals surface area contributed by atoms with E-state index in [2.05, 4.69) is 11.9 Å². The Balaban J connectivity index is 2.25. The highest BCUT2D eigenvalue weighted by molar-refractivity contribution is 6.03. The number of furan rings is 1. The molecule has 0 fully saturated rings. The van der Waals surface area contributed by atoms with Crippen LogP contribution in [0.1, 0.15) is 36.5 Å². The molecule has 14 heavy (non-hydrogen) atoms. The van der Waals surface area contributed by atoms with Gasteiger partial charge in [-0.2, -0.15) is 0 Å². The van der Waals surface area contributed by atoms with Crippen molar-refractivity contribution in [2.45, 2.75) is 26.2 Å². The maximum absolute atomic E-state index is 11.4. The van der Waals surface area contributed by atoms with Crippen LogP contribution < -0.4 is 0 Å². The van der Waals surface area contributed by atoms with Gasteiger partial charge in [0, 0.05) is 19.2 Å². The maximum Gasteiger partial charge on any atom is 0.171 e. The summed E-state index contributed by atoms with van der Waals surface area (Å²) >= 11 is 0. The summed E-state index contributed by atoms with van der Waals surface area (Å²) in [5, 5.41) is 0. The van der Waals surface area contributed by atoms with Crippen LogP contribution in [0.5, 0.6) is 0 Å². The molecule has 0 aliphatic carbocycles. The molecule has 0 bridgehead atoms. The van der Waals surface area contributed by atoms with E-state index in [1.54, 1.807) is 12.3 Å². The van der Waals surface area contributed by atoms with Gasteiger partial charge in [0.25, 0.3) is 0 Å². The van der Waals surface area contributed by atoms with Gasteiger partial charge in [0.05, 0.1) is 11.8 Å². The average Bonchev–Trinajstić information content (AvgIpc) is 2.70. The zero-order valence-corrected chi connectivity index (χ0v) is 8.40. The number of hydrogen-bond donors (Lipinski definition) is 0. The Kier molecular flexibility index (Phi) is 4.69. The van der Waals surface area contributed by atoms with E-state index in [1.807, 2.05) is 0 Å². The van der Waals surface area contributed by atoms with Crippen LogP contribution in [0.4, 0.5) is 0 Å². The predicted octanol–water partition coefficient (Wildman–Crippen LogP) is 2.72. The highest BCUT2D eigenvalue weighted by atomic mass is 16.3. The molecule has 1 heterocycles. The zero-order chi connectivity index (χ0) is 10.2. The van der Waals surface area contributed by atoms with Gasteiger partial charge >= 0.3 is 0 Å². The predicted molar refractivity (Wildman–Crippen MR) is 55.9 cm³/mol. The molecule has 0 saturated carbocycles. The van der Waals surface area contributed by atoms with Crippen molar-refractivity contribution >= 4 is 12.0 Å². The number of carbonyl (C=O) groups is 1. The van der Waals surface area contributed by atoms with Gasteiger partial charge in [0.2, 0.25) is 0 Å². The SMILES string of the molecule is CCCCN=CCC(=O)c1ccoc1. The molecule has 0 unspecified atom stereocenters. The van der Waals surface area contributed by atoms with Crippen molar-refractivity contribution < 1.29 is 9.21 Å². The van der Waals surface area contributed by atoms with Gasteiger partial charge in [-0.25, -0.2) is 0 Å². The molecular weight excluding hydrogens is 178 g/mol. The lowest BCUT2D eigenvalue weighted by Gasteiger charge is -1.91. The molecule has 0 saturated heterocycles. The Morgan fingerprint density at radius 3 is 3.14 bits per heavy atom. The van der Waals surface area contributed by atoms with Crippen LogP contribution >= 0.6 is 0 Å². The third kappa shape index (κ3) is 3.56. The molecule has 0 N–H and O–H groups in total. The lowest BCUT2D eigenvalue weighted by molar-refractivity contribution is 0.100. The van der Waals surface area contributed by atoms with E-state index in [1.165, 1.54) is 12.5 Å². The van der Waals surface area contributed by atoms with E-state index in [-0.39, 0.29) is 5.78 Å². The second-order valence-electron chi connectivity index (χ2n) is 3.08. The third-order valence-electron chi connectivity index (χ3n) is 1.89. The van der Waals surface area contributed by atoms with Crippen LogP contribution in [0.2, 0.25) is 0 Å². The topological polar surface area (TPSA) is 42.6 Å². The van der Waals surface area contributed by atoms with Crippen molar-refractivity contribution in [3.05, 3.63) is 24.2 Å². The Hall–Kier alpha value is -1.38. The van der Waals surface area contributed by atoms with Gasteiger partial charge in [0.1, 0.15) is 6.26 Å². The summed E-state index contributed by atoms with van der Waals surface area (Å²) < 4.78 is 4.82. The van der Waals surface area contributed by atoms with Crippen LogP contribution in [-0.4, -0.2) is 18.5 Å². The largest absolute Gasteiger partial charge is 0.472 e. The Bertz CT molecular complexity index is 288. The lowest BCUT2D eigenvalue weighted by Crippen LogP contribution is -1.97. The highest BCUT2D eigenvalue weighted by Crippen LogP contribution is 2.02. The zero-order valence-electron chi connectivity index (χ0n) is 8.40. The number of nitrogens with zero attached hydrogens (tertiary/aromatic N) is 1. The molecule has 3 nitrogen and oxygen atoms in total. The number of ketones is 1. The van der Waals surface area contributed by atoms with E-state index >= 15 is 0 Å². The molecule has 0 aliphatic heterocycles. The van der Waals surface area contributed by atoms with Crippen LogP contribution in [0, 0.1) is 0 Å². The Labute approximate surface area is 83.8 Å². The molecule has 0 radical (unpaired) electrons. The van der Waals surface area contributed by atoms with E-state index in [9.17, 15) is 4.79 Å². The molecule has 0 aromatic carbocycles. The van der Waals surface area contributed by atoms with Gasteiger partial charge in [-0.05, 0) is 12.5 Å². The quantitative estimate of drug-likeness (QED) is 0.396. The van der Waals surface area contributed by atoms with Crippen LogP contribution in [0.3, 0.4) is 0 Å². The summed E-state index contributed by atoms with van der Waals surface area (Å²) in [6.07, 6.45) is 7.22. The highest BCUT2D eigenvalue weighted by Gasteiger charge is 2.03. The normalized spacial score (nSPS) is 10.9. The molecule has 0 aliphatic rings. The van der Waals surface area contributed by atoms with Crippen molar-refractivity contribution in [1.82, 2.24) is 0 Å². The smallest absolute Gasteiger partial charge is 0.171 e. The summed E-state index contributed by atoms with van der Waals surface area (Å²) in [6, 6.07) is 1.67. The van der Waals surface area contributed by atoms with Crippen molar-refractivity contribution in [1.29, 1.82) is 0 Å². The first-order chi connectivity index (χ1) is 6.84. The second-order valence-corrected chi connectivity index (χ2v) is 3.08. The molecule has 0 amide bonds. The van der Waals surface area contributed by atoms with E-state index < -0.39 is 0 Å². The number of unbranched alkanes of at least 4 members (excludes halogenated alkanes) is 1. The Morgan fingerprint density at radius 2 is 2.50 bits per heavy atom. The fraction of sp³-hybridized carbons (Fsp3) is 0.455. The van der Waals surface area contributed by atoms with Gasteiger partial charge in [-0.3, -0.25) is 9.79 Å². The monoisotopic (exact) mass is 193 g/mol. The molecule has 1 aromatic rings. The molecule has 1 aromatic heterocycles. The number of Topliss-reactive ketones (excluding diaryl/α,β-unsaturated/α-hetero) is 1. The molecule has 76 valence electrons. The van der Waals surface area contributed by atoms with Gasteiger partial charge in [-0.15, -0.1) is 0 Å². The standard InChI is InChI=1S/C11H15NO2/c1-2-3-6-12-7-4-11(13)10-5-8-14-9-10/h5,7-9H,2-4,6H2,1H3. The van der Waals surface area contributed by atoms with Gasteiger partial charge in [0.15, 0.2) is 5.78 Å². The maximum atomic E-state index is 11.4. The van der Waals surface area contributed by atoms with E-state index in [4.69, 9.17) is 4.42 Å². The van der Waals surface area contributed by atoms with Crippen molar-refractivity contribution in [2.75, 3.05) is 6.54 Å². The third-order valence-corrected chi connectivity index (χ3v) is 1.89. The molecule has 0 atom stereocenters. The second kappa shape index (κ2) is 6.13. The number of carbonyl (C=O) groups excluding carboxylic acids is 1. The average molecular weight is 193 g/mol. The molecule has 0 spiro atoms. The first-order valence-corrected chi connectivity index (χ1v) is 4.88. The van der Waals surface area contributed by atoms with Crippen molar-refractivity contribution in [2.24, 2.45) is 4.99 Å². The lowest BCUT2D eigenvalue weighted by atomic mass is 10.2. The first kappa shape index (κ1) is 10.7. The van der Waals surface area contributed by atoms with Gasteiger partial charge < -0.3 is 4.42 Å². The van der Waals surface area contributed by atoms with Crippen LogP contribution in [-0.2, 0) is 0 Å². The minimum atomic E-state index is 0.0546.